The van der Waals surface area contributed by atoms with Crippen molar-refractivity contribution < 1.29 is 25.2 Å². The molecule has 1 amide bonds. The van der Waals surface area contributed by atoms with Gasteiger partial charge in [-0.1, -0.05) is 13.7 Å². The average molecular weight is 449 g/mol. The Kier molecular flexibility index (Phi) is 4.18. The number of nitriles is 1. The van der Waals surface area contributed by atoms with Crippen LogP contribution in [0.1, 0.15) is 86.1 Å². The summed E-state index contributed by atoms with van der Waals surface area (Å²) < 4.78 is 77.9. The zero-order valence-electron chi connectivity index (χ0n) is 27.0. The van der Waals surface area contributed by atoms with Gasteiger partial charge in [0, 0.05) is 54.2 Å². The maximum absolute atomic E-state index is 13.2. The van der Waals surface area contributed by atoms with Crippen LogP contribution in [0.2, 0.25) is 0 Å². The van der Waals surface area contributed by atoms with Gasteiger partial charge in [-0.2, -0.15) is 5.26 Å². The van der Waals surface area contributed by atoms with Crippen LogP contribution in [0.5, 0.6) is 0 Å². The Morgan fingerprint density at radius 2 is 2.22 bits per heavy atom. The summed E-state index contributed by atoms with van der Waals surface area (Å²) in [5.74, 6) is -3.65. The third-order valence-electron chi connectivity index (χ3n) is 6.38. The molecule has 7 heteroatoms. The number of amides is 1. The van der Waals surface area contributed by atoms with Crippen molar-refractivity contribution in [2.45, 2.75) is 77.4 Å². The van der Waals surface area contributed by atoms with Crippen molar-refractivity contribution in [3.63, 3.8) is 0 Å². The number of nitrogens with zero attached hydrogens (tertiary/aromatic N) is 4. The number of rotatable bonds is 6. The van der Waals surface area contributed by atoms with Crippen molar-refractivity contribution in [3.05, 3.63) is 22.4 Å². The second kappa shape index (κ2) is 8.99. The van der Waals surface area contributed by atoms with E-state index >= 15 is 0 Å². The van der Waals surface area contributed by atoms with Gasteiger partial charge in [-0.05, 0) is 38.1 Å². The number of carbonyl (C=O) groups excluding carboxylic acids is 1. The molecule has 2 aliphatic heterocycles. The van der Waals surface area contributed by atoms with Crippen LogP contribution in [-0.2, 0) is 27.3 Å². The minimum absolute atomic E-state index is 0.0186. The molecule has 0 N–H and O–H groups in total. The predicted molar refractivity (Wildman–Crippen MR) is 123 cm³/mol. The molecule has 0 radical (unpaired) electrons. The van der Waals surface area contributed by atoms with Crippen LogP contribution in [0.25, 0.3) is 0 Å². The number of anilines is 1. The lowest BCUT2D eigenvalue weighted by Gasteiger charge is -2.44. The second-order valence-corrected chi connectivity index (χ2v) is 9.30. The first-order chi connectivity index (χ1) is 18.4. The minimum atomic E-state index is -3.45. The van der Waals surface area contributed by atoms with E-state index < -0.39 is 43.7 Å². The van der Waals surface area contributed by atoms with Crippen LogP contribution >= 0.6 is 0 Å². The van der Waals surface area contributed by atoms with Gasteiger partial charge in [-0.25, -0.2) is 4.98 Å². The fourth-order valence-electron chi connectivity index (χ4n) is 4.51. The number of aromatic nitrogens is 1. The zero-order valence-corrected chi connectivity index (χ0v) is 19.0. The fraction of sp³-hybridized carbons (Fsp3) is 0.720. The Hall–Kier alpha value is -2.17. The van der Waals surface area contributed by atoms with Gasteiger partial charge in [-0.15, -0.1) is 0 Å². The third kappa shape index (κ3) is 4.49. The monoisotopic (exact) mass is 448 g/mol. The molecule has 0 aromatic carbocycles. The van der Waals surface area contributed by atoms with Crippen LogP contribution in [0.15, 0.2) is 0 Å². The van der Waals surface area contributed by atoms with E-state index in [1.165, 1.54) is 12.0 Å². The first-order valence-electron chi connectivity index (χ1n) is 15.1. The number of methoxy groups -OCH3 is 1. The molecule has 0 unspecified atom stereocenters. The van der Waals surface area contributed by atoms with Gasteiger partial charge in [0.25, 0.3) is 0 Å². The summed E-state index contributed by atoms with van der Waals surface area (Å²) >= 11 is 0. The number of ether oxygens (including phenoxy) is 2. The van der Waals surface area contributed by atoms with Gasteiger partial charge < -0.3 is 19.3 Å². The van der Waals surface area contributed by atoms with E-state index in [2.05, 4.69) is 6.07 Å². The largest absolute Gasteiger partial charge is 0.384 e. The maximum atomic E-state index is 13.2. The molecule has 1 aromatic rings. The van der Waals surface area contributed by atoms with Crippen molar-refractivity contribution in [1.82, 2.24) is 9.88 Å². The highest BCUT2D eigenvalue weighted by atomic mass is 16.5. The summed E-state index contributed by atoms with van der Waals surface area (Å²) in [6, 6.07) is -0.490. The number of fused-ring (bicyclic) bond motifs is 1. The lowest BCUT2D eigenvalue weighted by molar-refractivity contribution is -0.135. The van der Waals surface area contributed by atoms with Crippen molar-refractivity contribution >= 4 is 11.7 Å². The standard InChI is InChI=1S/C25H36N4O3/c1-16(2)21-14-28(9-10-29(21)22(30)8-11-31-5)24-19(13-26)18-12-25(3,4)32-15-20(18)23(27-24)17-6-7-17/h16-17,21H,6-12,14-15H2,1-5H3/t21-/m0/s1/i1D3,2D3,16D,21D. The van der Waals surface area contributed by atoms with Crippen LogP contribution in [-0.4, -0.2) is 60.8 Å². The molecule has 32 heavy (non-hydrogen) atoms. The Morgan fingerprint density at radius 1 is 1.44 bits per heavy atom. The first-order valence-corrected chi connectivity index (χ1v) is 11.1. The molecule has 2 fully saturated rings. The molecular formula is C25H36N4O3. The molecule has 1 saturated carbocycles. The van der Waals surface area contributed by atoms with Crippen molar-refractivity contribution in [2.75, 3.05) is 38.3 Å². The molecule has 4 rings (SSSR count). The van der Waals surface area contributed by atoms with E-state index in [0.29, 0.717) is 13.0 Å². The van der Waals surface area contributed by atoms with E-state index in [4.69, 9.17) is 24.1 Å². The Bertz CT molecular complexity index is 1190. The van der Waals surface area contributed by atoms with E-state index in [-0.39, 0.29) is 43.4 Å². The summed E-state index contributed by atoms with van der Waals surface area (Å²) in [4.78, 5) is 20.5. The van der Waals surface area contributed by atoms with Crippen LogP contribution in [0, 0.1) is 17.2 Å². The molecule has 7 nitrogen and oxygen atoms in total. The molecule has 0 bridgehead atoms. The van der Waals surface area contributed by atoms with E-state index in [9.17, 15) is 11.4 Å². The van der Waals surface area contributed by atoms with Gasteiger partial charge in [0.1, 0.15) is 11.9 Å². The summed E-state index contributed by atoms with van der Waals surface area (Å²) in [6.45, 7) is -3.56. The van der Waals surface area contributed by atoms with E-state index in [0.717, 1.165) is 34.6 Å². The van der Waals surface area contributed by atoms with Crippen molar-refractivity contribution in [1.29, 1.82) is 5.26 Å². The summed E-state index contributed by atoms with van der Waals surface area (Å²) in [5, 5.41) is 10.3. The quantitative estimate of drug-likeness (QED) is 0.664. The van der Waals surface area contributed by atoms with Gasteiger partial charge in [-0.3, -0.25) is 4.79 Å². The molecule has 0 spiro atoms. The predicted octanol–water partition coefficient (Wildman–Crippen LogP) is 3.39. The molecule has 174 valence electrons. The zero-order chi connectivity index (χ0) is 29.9. The fourth-order valence-corrected chi connectivity index (χ4v) is 4.51. The van der Waals surface area contributed by atoms with E-state index in [1.807, 2.05) is 13.8 Å². The molecule has 1 aliphatic carbocycles. The van der Waals surface area contributed by atoms with Crippen molar-refractivity contribution in [2.24, 2.45) is 5.89 Å². The van der Waals surface area contributed by atoms with Crippen LogP contribution in [0.3, 0.4) is 0 Å². The molecule has 3 heterocycles. The summed E-state index contributed by atoms with van der Waals surface area (Å²) in [7, 11) is 1.38. The van der Waals surface area contributed by atoms with E-state index in [1.54, 1.807) is 0 Å². The molecule has 1 aromatic heterocycles. The van der Waals surface area contributed by atoms with Gasteiger partial charge in [0.15, 0.2) is 0 Å². The van der Waals surface area contributed by atoms with Crippen LogP contribution < -0.4 is 4.90 Å². The van der Waals surface area contributed by atoms with Gasteiger partial charge >= 0.3 is 0 Å². The Balaban J connectivity index is 1.88. The highest BCUT2D eigenvalue weighted by Crippen LogP contribution is 2.46. The summed E-state index contributed by atoms with van der Waals surface area (Å²) in [6.07, 6.45) is 2.07. The molecule has 1 saturated heterocycles. The second-order valence-electron chi connectivity index (χ2n) is 9.30. The Morgan fingerprint density at radius 3 is 2.88 bits per heavy atom. The lowest BCUT2D eigenvalue weighted by atomic mass is 9.87. The minimum Gasteiger partial charge on any atom is -0.384 e. The number of carbonyl (C=O) groups is 1. The highest BCUT2D eigenvalue weighted by Gasteiger charge is 2.39. The number of hydrogen-bond donors (Lipinski definition) is 0. The molecule has 3 aliphatic rings. The average Bonchev–Trinajstić information content (AvgIpc) is 3.69. The van der Waals surface area contributed by atoms with Gasteiger partial charge in [0.05, 0.1) is 43.9 Å². The van der Waals surface area contributed by atoms with Crippen LogP contribution in [0.4, 0.5) is 5.82 Å². The summed E-state index contributed by atoms with van der Waals surface area (Å²) in [5.41, 5.74) is 2.16. The SMILES string of the molecule is [2H]C([2H])([2H])C([2H])(C([2H])([2H])[2H])[C@]1([2H])CN(c2nc(C3CC3)c3c(c2C#N)CC(C)(C)OC3)CCN1C(=O)CCOC. The number of hydrogen-bond acceptors (Lipinski definition) is 6. The third-order valence-corrected chi connectivity index (χ3v) is 6.38. The van der Waals surface area contributed by atoms with Gasteiger partial charge in [0.2, 0.25) is 5.91 Å². The first kappa shape index (κ1) is 14.9. The maximum Gasteiger partial charge on any atom is 0.225 e. The number of pyridine rings is 1. The molecular weight excluding hydrogens is 404 g/mol. The number of piperazine rings is 1. The highest BCUT2D eigenvalue weighted by molar-refractivity contribution is 5.77. The smallest absolute Gasteiger partial charge is 0.225 e. The topological polar surface area (TPSA) is 78.7 Å². The lowest BCUT2D eigenvalue weighted by Crippen LogP contribution is -2.57. The molecule has 1 atom stereocenters. The normalized spacial score (nSPS) is 29.7. The Labute approximate surface area is 202 Å². The van der Waals surface area contributed by atoms with Crippen molar-refractivity contribution in [3.8, 4) is 6.07 Å².